The highest BCUT2D eigenvalue weighted by molar-refractivity contribution is 5.89. The molecule has 0 bridgehead atoms. The summed E-state index contributed by atoms with van der Waals surface area (Å²) in [5, 5.41) is 2.78. The number of hydrogen-bond donors (Lipinski definition) is 1. The summed E-state index contributed by atoms with van der Waals surface area (Å²) >= 11 is 0. The monoisotopic (exact) mass is 224 g/mol. The summed E-state index contributed by atoms with van der Waals surface area (Å²) in [5.74, 6) is 0.0300. The van der Waals surface area contributed by atoms with Gasteiger partial charge in [0.2, 0.25) is 11.8 Å². The first-order chi connectivity index (χ1) is 7.69. The second-order valence-electron chi connectivity index (χ2n) is 4.06. The molecule has 0 aliphatic carbocycles. The first kappa shape index (κ1) is 12.7. The van der Waals surface area contributed by atoms with Gasteiger partial charge in [0.15, 0.2) is 0 Å². The van der Waals surface area contributed by atoms with Crippen LogP contribution in [0.15, 0.2) is 12.7 Å². The van der Waals surface area contributed by atoms with E-state index in [1.165, 1.54) is 0 Å². The van der Waals surface area contributed by atoms with Crippen LogP contribution in [0.25, 0.3) is 0 Å². The number of nitrogens with zero attached hydrogens (tertiary/aromatic N) is 1. The molecule has 0 aromatic rings. The highest BCUT2D eigenvalue weighted by Crippen LogP contribution is 2.08. The van der Waals surface area contributed by atoms with Gasteiger partial charge in [-0.25, -0.2) is 0 Å². The molecule has 1 unspecified atom stereocenters. The maximum absolute atomic E-state index is 12.1. The van der Waals surface area contributed by atoms with Gasteiger partial charge in [0.25, 0.3) is 0 Å². The lowest BCUT2D eigenvalue weighted by Gasteiger charge is -2.23. The number of amides is 2. The Balaban J connectivity index is 2.66. The molecule has 1 fully saturated rings. The summed E-state index contributed by atoms with van der Waals surface area (Å²) in [6.45, 7) is 6.85. The SMILES string of the molecule is C=CCCN1CCC(=O)NC(CCC)C1=O. The fourth-order valence-electron chi connectivity index (χ4n) is 1.85. The van der Waals surface area contributed by atoms with Crippen molar-refractivity contribution in [1.29, 1.82) is 0 Å². The van der Waals surface area contributed by atoms with E-state index in [4.69, 9.17) is 0 Å². The summed E-state index contributed by atoms with van der Waals surface area (Å²) in [4.78, 5) is 25.3. The number of carbonyl (C=O) groups excluding carboxylic acids is 2. The topological polar surface area (TPSA) is 49.4 Å². The molecule has 4 nitrogen and oxygen atoms in total. The third-order valence-electron chi connectivity index (χ3n) is 2.73. The van der Waals surface area contributed by atoms with E-state index in [0.717, 1.165) is 19.3 Å². The van der Waals surface area contributed by atoms with Crippen molar-refractivity contribution in [3.63, 3.8) is 0 Å². The molecule has 2 amide bonds. The maximum atomic E-state index is 12.1. The van der Waals surface area contributed by atoms with Crippen molar-refractivity contribution in [2.45, 2.75) is 38.6 Å². The molecule has 0 saturated carbocycles. The van der Waals surface area contributed by atoms with E-state index in [-0.39, 0.29) is 17.9 Å². The van der Waals surface area contributed by atoms with Gasteiger partial charge in [0, 0.05) is 19.5 Å². The summed E-state index contributed by atoms with van der Waals surface area (Å²) in [6.07, 6.45) is 4.59. The van der Waals surface area contributed by atoms with Crippen molar-refractivity contribution in [3.8, 4) is 0 Å². The molecule has 16 heavy (non-hydrogen) atoms. The minimum Gasteiger partial charge on any atom is -0.344 e. The molecule has 0 spiro atoms. The van der Waals surface area contributed by atoms with E-state index in [1.807, 2.05) is 6.92 Å². The first-order valence-corrected chi connectivity index (χ1v) is 5.88. The van der Waals surface area contributed by atoms with Crippen LogP contribution in [0, 0.1) is 0 Å². The van der Waals surface area contributed by atoms with E-state index in [0.29, 0.717) is 19.5 Å². The van der Waals surface area contributed by atoms with Crippen molar-refractivity contribution >= 4 is 11.8 Å². The molecular formula is C12H20N2O2. The molecule has 0 aromatic heterocycles. The molecule has 1 aliphatic heterocycles. The molecule has 1 aliphatic rings. The fourth-order valence-corrected chi connectivity index (χ4v) is 1.85. The predicted octanol–water partition coefficient (Wildman–Crippen LogP) is 1.08. The molecule has 0 aromatic carbocycles. The Kier molecular flexibility index (Phi) is 5.02. The van der Waals surface area contributed by atoms with Gasteiger partial charge in [-0.2, -0.15) is 0 Å². The largest absolute Gasteiger partial charge is 0.344 e. The summed E-state index contributed by atoms with van der Waals surface area (Å²) < 4.78 is 0. The molecule has 1 rings (SSSR count). The van der Waals surface area contributed by atoms with Gasteiger partial charge in [-0.05, 0) is 12.8 Å². The Labute approximate surface area is 96.7 Å². The maximum Gasteiger partial charge on any atom is 0.245 e. The average Bonchev–Trinajstić information content (AvgIpc) is 2.39. The number of carbonyl (C=O) groups is 2. The standard InChI is InChI=1S/C12H20N2O2/c1-3-5-8-14-9-7-11(15)13-10(6-4-2)12(14)16/h3,10H,1,4-9H2,2H3,(H,13,15). The lowest BCUT2D eigenvalue weighted by atomic mass is 10.1. The second kappa shape index (κ2) is 6.30. The van der Waals surface area contributed by atoms with Crippen molar-refractivity contribution < 1.29 is 9.59 Å². The zero-order valence-electron chi connectivity index (χ0n) is 9.87. The highest BCUT2D eigenvalue weighted by Gasteiger charge is 2.28. The third kappa shape index (κ3) is 3.36. The predicted molar refractivity (Wildman–Crippen MR) is 62.8 cm³/mol. The molecule has 1 N–H and O–H groups in total. The molecule has 0 radical (unpaired) electrons. The second-order valence-corrected chi connectivity index (χ2v) is 4.06. The minimum atomic E-state index is -0.329. The van der Waals surface area contributed by atoms with E-state index >= 15 is 0 Å². The summed E-state index contributed by atoms with van der Waals surface area (Å²) in [5.41, 5.74) is 0. The van der Waals surface area contributed by atoms with Crippen LogP contribution in [0.5, 0.6) is 0 Å². The minimum absolute atomic E-state index is 0.0205. The molecular weight excluding hydrogens is 204 g/mol. The zero-order chi connectivity index (χ0) is 12.0. The third-order valence-corrected chi connectivity index (χ3v) is 2.73. The number of nitrogens with one attached hydrogen (secondary N) is 1. The van der Waals surface area contributed by atoms with Crippen LogP contribution in [0.2, 0.25) is 0 Å². The Morgan fingerprint density at radius 2 is 2.31 bits per heavy atom. The van der Waals surface area contributed by atoms with Crippen LogP contribution in [-0.2, 0) is 9.59 Å². The van der Waals surface area contributed by atoms with E-state index in [2.05, 4.69) is 11.9 Å². The fraction of sp³-hybridized carbons (Fsp3) is 0.667. The van der Waals surface area contributed by atoms with Gasteiger partial charge in [-0.1, -0.05) is 19.4 Å². The van der Waals surface area contributed by atoms with E-state index in [9.17, 15) is 9.59 Å². The van der Waals surface area contributed by atoms with E-state index in [1.54, 1.807) is 11.0 Å². The van der Waals surface area contributed by atoms with Crippen molar-refractivity contribution in [3.05, 3.63) is 12.7 Å². The van der Waals surface area contributed by atoms with Gasteiger partial charge in [0.05, 0.1) is 0 Å². The summed E-state index contributed by atoms with van der Waals surface area (Å²) in [6, 6.07) is -0.329. The Bertz CT molecular complexity index is 276. The van der Waals surface area contributed by atoms with Crippen LogP contribution in [0.1, 0.15) is 32.6 Å². The summed E-state index contributed by atoms with van der Waals surface area (Å²) in [7, 11) is 0. The lowest BCUT2D eigenvalue weighted by Crippen LogP contribution is -2.44. The Hall–Kier alpha value is -1.32. The molecule has 90 valence electrons. The van der Waals surface area contributed by atoms with Crippen LogP contribution >= 0.6 is 0 Å². The highest BCUT2D eigenvalue weighted by atomic mass is 16.2. The Morgan fingerprint density at radius 3 is 2.94 bits per heavy atom. The van der Waals surface area contributed by atoms with Gasteiger partial charge in [-0.3, -0.25) is 9.59 Å². The van der Waals surface area contributed by atoms with E-state index < -0.39 is 0 Å². The molecule has 1 heterocycles. The van der Waals surface area contributed by atoms with Gasteiger partial charge < -0.3 is 10.2 Å². The molecule has 1 saturated heterocycles. The molecule has 1 atom stereocenters. The van der Waals surface area contributed by atoms with Crippen molar-refractivity contribution in [2.24, 2.45) is 0 Å². The van der Waals surface area contributed by atoms with Crippen LogP contribution in [0.4, 0.5) is 0 Å². The van der Waals surface area contributed by atoms with Gasteiger partial charge in [-0.15, -0.1) is 6.58 Å². The zero-order valence-corrected chi connectivity index (χ0v) is 9.87. The number of rotatable bonds is 5. The van der Waals surface area contributed by atoms with Crippen LogP contribution in [-0.4, -0.2) is 35.8 Å². The van der Waals surface area contributed by atoms with Gasteiger partial charge in [0.1, 0.15) is 6.04 Å². The van der Waals surface area contributed by atoms with Crippen molar-refractivity contribution in [2.75, 3.05) is 13.1 Å². The Morgan fingerprint density at radius 1 is 1.56 bits per heavy atom. The first-order valence-electron chi connectivity index (χ1n) is 5.88. The quantitative estimate of drug-likeness (QED) is 0.710. The average molecular weight is 224 g/mol. The van der Waals surface area contributed by atoms with Crippen LogP contribution in [0.3, 0.4) is 0 Å². The number of hydrogen-bond acceptors (Lipinski definition) is 2. The normalized spacial score (nSPS) is 21.6. The van der Waals surface area contributed by atoms with Crippen LogP contribution < -0.4 is 5.32 Å². The lowest BCUT2D eigenvalue weighted by molar-refractivity contribution is -0.133. The van der Waals surface area contributed by atoms with Gasteiger partial charge >= 0.3 is 0 Å². The smallest absolute Gasteiger partial charge is 0.245 e. The molecule has 4 heteroatoms. The van der Waals surface area contributed by atoms with Crippen molar-refractivity contribution in [1.82, 2.24) is 10.2 Å².